The van der Waals surface area contributed by atoms with Crippen molar-refractivity contribution in [2.45, 2.75) is 39.5 Å². The molecule has 0 bridgehead atoms. The Hall–Kier alpha value is -4.72. The summed E-state index contributed by atoms with van der Waals surface area (Å²) in [4.78, 5) is 30.8. The van der Waals surface area contributed by atoms with Gasteiger partial charge in [-0.1, -0.05) is 91.6 Å². The van der Waals surface area contributed by atoms with Gasteiger partial charge in [-0.15, -0.1) is 0 Å². The zero-order chi connectivity index (χ0) is 32.6. The molecule has 0 saturated heterocycles. The summed E-state index contributed by atoms with van der Waals surface area (Å²) in [6.45, 7) is 6.44. The van der Waals surface area contributed by atoms with Crippen LogP contribution in [0.1, 0.15) is 61.0 Å². The van der Waals surface area contributed by atoms with E-state index >= 15 is 0 Å². The number of nitrogens with one attached hydrogen (secondary N) is 2. The van der Waals surface area contributed by atoms with Gasteiger partial charge in [-0.05, 0) is 72.9 Å². The first-order valence-corrected chi connectivity index (χ1v) is 15.8. The maximum Gasteiger partial charge on any atom is 0.272 e. The number of nitrogens with zero attached hydrogens (tertiary/aromatic N) is 2. The zero-order valence-electron chi connectivity index (χ0n) is 25.8. The van der Waals surface area contributed by atoms with E-state index in [4.69, 9.17) is 32.9 Å². The molecule has 1 heterocycles. The van der Waals surface area contributed by atoms with Gasteiger partial charge in [-0.3, -0.25) is 9.59 Å². The van der Waals surface area contributed by atoms with Crippen LogP contribution in [-0.2, 0) is 4.79 Å². The van der Waals surface area contributed by atoms with Gasteiger partial charge in [0.1, 0.15) is 5.75 Å². The number of carbonyl (C=O) groups excluding carboxylic acids is 2. The first-order valence-electron chi connectivity index (χ1n) is 15.0. The maximum atomic E-state index is 13.5. The Bertz CT molecular complexity index is 1910. The lowest BCUT2D eigenvalue weighted by molar-refractivity contribution is -0.116. The van der Waals surface area contributed by atoms with E-state index in [9.17, 15) is 9.59 Å². The predicted octanol–water partition coefficient (Wildman–Crippen LogP) is 9.28. The van der Waals surface area contributed by atoms with Crippen molar-refractivity contribution in [3.63, 3.8) is 0 Å². The molecule has 7 nitrogen and oxygen atoms in total. The quantitative estimate of drug-likeness (QED) is 0.0845. The number of rotatable bonds is 11. The number of anilines is 1. The van der Waals surface area contributed by atoms with E-state index in [0.29, 0.717) is 57.4 Å². The zero-order valence-corrected chi connectivity index (χ0v) is 27.3. The fraction of sp³-hybridized carbons (Fsp3) is 0.189. The Morgan fingerprint density at radius 1 is 0.913 bits per heavy atom. The van der Waals surface area contributed by atoms with Crippen LogP contribution in [0.2, 0.25) is 10.0 Å². The first kappa shape index (κ1) is 32.7. The van der Waals surface area contributed by atoms with E-state index in [1.807, 2.05) is 54.6 Å². The number of ether oxygens (including phenoxy) is 1. The van der Waals surface area contributed by atoms with Gasteiger partial charge >= 0.3 is 0 Å². The molecule has 9 heteroatoms. The number of halogens is 2. The molecule has 2 amide bonds. The summed E-state index contributed by atoms with van der Waals surface area (Å²) in [6.07, 6.45) is 0.772. The molecule has 0 unspecified atom stereocenters. The van der Waals surface area contributed by atoms with Crippen LogP contribution < -0.4 is 15.5 Å². The molecule has 0 aliphatic carbocycles. The molecule has 0 aliphatic rings. The molecule has 5 aromatic rings. The van der Waals surface area contributed by atoms with Crippen molar-refractivity contribution in [1.82, 2.24) is 10.4 Å². The normalized spacial score (nSPS) is 11.5. The van der Waals surface area contributed by atoms with Crippen molar-refractivity contribution in [3.05, 3.63) is 124 Å². The van der Waals surface area contributed by atoms with Gasteiger partial charge in [-0.25, -0.2) is 10.4 Å². The van der Waals surface area contributed by atoms with Crippen LogP contribution in [-0.4, -0.2) is 29.1 Å². The molecular weight excluding hydrogens is 619 g/mol. The van der Waals surface area contributed by atoms with Gasteiger partial charge in [-0.2, -0.15) is 5.10 Å². The predicted molar refractivity (Wildman–Crippen MR) is 187 cm³/mol. The lowest BCUT2D eigenvalue weighted by Crippen LogP contribution is -2.20. The maximum absolute atomic E-state index is 13.5. The highest BCUT2D eigenvalue weighted by Gasteiger charge is 2.15. The fourth-order valence-electron chi connectivity index (χ4n) is 4.86. The SMILES string of the molecule is CC(=NNC(=O)c1cc(-c2ccc(C(C)C)cc2)nc2ccccc12)c1cccc(NC(=O)CCCOc2ccc(Cl)cc2Cl)c1. The third-order valence-electron chi connectivity index (χ3n) is 7.42. The van der Waals surface area contributed by atoms with Crippen LogP contribution in [0.15, 0.2) is 102 Å². The van der Waals surface area contributed by atoms with Crippen molar-refractivity contribution in [2.24, 2.45) is 5.10 Å². The van der Waals surface area contributed by atoms with E-state index in [1.54, 1.807) is 37.3 Å². The Morgan fingerprint density at radius 3 is 2.46 bits per heavy atom. The second-order valence-corrected chi connectivity index (χ2v) is 12.0. The van der Waals surface area contributed by atoms with E-state index in [0.717, 1.165) is 22.0 Å². The third-order valence-corrected chi connectivity index (χ3v) is 7.95. The van der Waals surface area contributed by atoms with E-state index in [2.05, 4.69) is 41.8 Å². The number of carbonyl (C=O) groups is 2. The molecule has 0 radical (unpaired) electrons. The summed E-state index contributed by atoms with van der Waals surface area (Å²) in [7, 11) is 0. The minimum atomic E-state index is -0.343. The number of benzene rings is 4. The summed E-state index contributed by atoms with van der Waals surface area (Å²) in [5.41, 5.74) is 8.76. The van der Waals surface area contributed by atoms with Crippen LogP contribution in [0.25, 0.3) is 22.2 Å². The van der Waals surface area contributed by atoms with Crippen molar-refractivity contribution >= 4 is 57.3 Å². The lowest BCUT2D eigenvalue weighted by Gasteiger charge is -2.11. The minimum absolute atomic E-state index is 0.148. The smallest absolute Gasteiger partial charge is 0.272 e. The number of fused-ring (bicyclic) bond motifs is 1. The van der Waals surface area contributed by atoms with Crippen molar-refractivity contribution in [2.75, 3.05) is 11.9 Å². The fourth-order valence-corrected chi connectivity index (χ4v) is 5.32. The molecule has 1 aromatic heterocycles. The highest BCUT2D eigenvalue weighted by Crippen LogP contribution is 2.28. The van der Waals surface area contributed by atoms with Gasteiger partial charge < -0.3 is 10.1 Å². The Kier molecular flexibility index (Phi) is 10.7. The molecule has 0 spiro atoms. The van der Waals surface area contributed by atoms with Crippen LogP contribution in [0, 0.1) is 0 Å². The molecule has 0 fully saturated rings. The summed E-state index contributed by atoms with van der Waals surface area (Å²) in [6, 6.07) is 29.9. The Balaban J connectivity index is 1.23. The molecule has 234 valence electrons. The number of aromatic nitrogens is 1. The van der Waals surface area contributed by atoms with Gasteiger partial charge in [0, 0.05) is 28.1 Å². The molecule has 0 saturated carbocycles. The van der Waals surface area contributed by atoms with Gasteiger partial charge in [0.05, 0.1) is 34.1 Å². The summed E-state index contributed by atoms with van der Waals surface area (Å²) >= 11 is 12.0. The van der Waals surface area contributed by atoms with Crippen molar-refractivity contribution in [1.29, 1.82) is 0 Å². The number of hydrogen-bond acceptors (Lipinski definition) is 5. The summed E-state index contributed by atoms with van der Waals surface area (Å²) < 4.78 is 5.66. The lowest BCUT2D eigenvalue weighted by atomic mass is 9.99. The highest BCUT2D eigenvalue weighted by atomic mass is 35.5. The second kappa shape index (κ2) is 15.0. The first-order chi connectivity index (χ1) is 22.2. The van der Waals surface area contributed by atoms with E-state index in [1.165, 1.54) is 5.56 Å². The third kappa shape index (κ3) is 8.30. The van der Waals surface area contributed by atoms with Crippen LogP contribution in [0.3, 0.4) is 0 Å². The van der Waals surface area contributed by atoms with Crippen LogP contribution in [0.4, 0.5) is 5.69 Å². The van der Waals surface area contributed by atoms with Crippen molar-refractivity contribution in [3.8, 4) is 17.0 Å². The Morgan fingerprint density at radius 2 is 1.70 bits per heavy atom. The number of pyridine rings is 1. The Labute approximate surface area is 278 Å². The van der Waals surface area contributed by atoms with Gasteiger partial charge in [0.2, 0.25) is 5.91 Å². The van der Waals surface area contributed by atoms with Crippen LogP contribution in [0.5, 0.6) is 5.75 Å². The van der Waals surface area contributed by atoms with E-state index < -0.39 is 0 Å². The van der Waals surface area contributed by atoms with Crippen molar-refractivity contribution < 1.29 is 14.3 Å². The molecule has 2 N–H and O–H groups in total. The largest absolute Gasteiger partial charge is 0.492 e. The van der Waals surface area contributed by atoms with Crippen LogP contribution >= 0.6 is 23.2 Å². The molecule has 46 heavy (non-hydrogen) atoms. The minimum Gasteiger partial charge on any atom is -0.492 e. The highest BCUT2D eigenvalue weighted by molar-refractivity contribution is 6.35. The van der Waals surface area contributed by atoms with E-state index in [-0.39, 0.29) is 18.2 Å². The molecule has 0 atom stereocenters. The monoisotopic (exact) mass is 652 g/mol. The number of hydrazone groups is 1. The standard InChI is InChI=1S/C37H34Cl2N4O3/c1-23(2)25-13-15-26(16-14-25)34-22-31(30-10-4-5-11-33(30)41-34)37(45)43-42-24(3)27-8-6-9-29(20-27)40-36(44)12-7-19-46-35-18-17-28(38)21-32(35)39/h4-6,8-11,13-18,20-23H,7,12,19H2,1-3H3,(H,40,44)(H,43,45). The van der Waals surface area contributed by atoms with Gasteiger partial charge in [0.15, 0.2) is 0 Å². The summed E-state index contributed by atoms with van der Waals surface area (Å²) in [5.74, 6) is 0.453. The average Bonchev–Trinajstić information content (AvgIpc) is 3.05. The molecule has 4 aromatic carbocycles. The summed E-state index contributed by atoms with van der Waals surface area (Å²) in [5, 5.41) is 8.98. The number of hydrogen-bond donors (Lipinski definition) is 2. The molecule has 5 rings (SSSR count). The molecular formula is C37H34Cl2N4O3. The van der Waals surface area contributed by atoms with Gasteiger partial charge in [0.25, 0.3) is 5.91 Å². The second-order valence-electron chi connectivity index (χ2n) is 11.1. The number of para-hydroxylation sites is 1. The average molecular weight is 654 g/mol. The molecule has 0 aliphatic heterocycles. The topological polar surface area (TPSA) is 92.7 Å². The number of amides is 2.